The summed E-state index contributed by atoms with van der Waals surface area (Å²) in [6.07, 6.45) is 0. The predicted molar refractivity (Wildman–Crippen MR) is 255 cm³/mol. The Morgan fingerprint density at radius 1 is 0.153 bits per heavy atom. The van der Waals surface area contributed by atoms with Gasteiger partial charge >= 0.3 is 19.5 Å². The van der Waals surface area contributed by atoms with Crippen LogP contribution in [0.3, 0.4) is 0 Å². The molecule has 0 amide bonds. The Balaban J connectivity index is 0.000000165. The van der Waals surface area contributed by atoms with Crippen LogP contribution in [0.1, 0.15) is 0 Å². The Bertz CT molecular complexity index is 1870. The molecule has 0 unspecified atom stereocenters. The van der Waals surface area contributed by atoms with Crippen LogP contribution in [-0.2, 0) is 19.5 Å². The molecule has 0 bridgehead atoms. The average Bonchev–Trinajstić information content (AvgIpc) is 3.30. The van der Waals surface area contributed by atoms with E-state index in [9.17, 15) is 0 Å². The van der Waals surface area contributed by atoms with Gasteiger partial charge in [0.15, 0.2) is 0 Å². The third-order valence-electron chi connectivity index (χ3n) is 9.13. The van der Waals surface area contributed by atoms with Gasteiger partial charge < -0.3 is 12.4 Å². The average molecular weight is 923 g/mol. The first-order chi connectivity index (χ1) is 28.3. The molecular formula is C54H45ClP3Ru+. The van der Waals surface area contributed by atoms with E-state index in [0.29, 0.717) is 0 Å². The van der Waals surface area contributed by atoms with E-state index in [1.54, 1.807) is 0 Å². The topological polar surface area (TPSA) is 0 Å². The van der Waals surface area contributed by atoms with Gasteiger partial charge in [0.05, 0.1) is 0 Å². The molecule has 9 aromatic rings. The zero-order valence-electron chi connectivity index (χ0n) is 32.6. The van der Waals surface area contributed by atoms with E-state index < -0.39 is 23.8 Å². The molecule has 0 aromatic heterocycles. The standard InChI is InChI=1S/3C18H15P.ClH.Ru/c3*1-4-10-16(11-5-1)19(17-12-6-2-7-13-17)18-14-8-3-9-15-18;;/h3*1-15H;1H;/q;;;;+2/p-1. The van der Waals surface area contributed by atoms with Crippen molar-refractivity contribution in [3.8, 4) is 0 Å². The third-order valence-corrected chi connectivity index (χ3v) is 16.5. The Hall–Kier alpha value is -4.82. The number of halogens is 1. The summed E-state index contributed by atoms with van der Waals surface area (Å²) in [6, 6.07) is 97.0. The maximum absolute atomic E-state index is 2.23. The molecule has 0 aliphatic rings. The molecule has 5 heteroatoms. The van der Waals surface area contributed by atoms with Crippen molar-refractivity contribution in [1.82, 2.24) is 0 Å². The molecule has 290 valence electrons. The van der Waals surface area contributed by atoms with E-state index in [-0.39, 0.29) is 31.9 Å². The normalized spacial score (nSPS) is 10.2. The van der Waals surface area contributed by atoms with E-state index in [4.69, 9.17) is 0 Å². The van der Waals surface area contributed by atoms with Crippen molar-refractivity contribution in [1.29, 1.82) is 0 Å². The Labute approximate surface area is 373 Å². The molecule has 9 rings (SSSR count). The van der Waals surface area contributed by atoms with Crippen molar-refractivity contribution in [2.45, 2.75) is 0 Å². The molecule has 0 nitrogen and oxygen atoms in total. The number of rotatable bonds is 9. The molecule has 0 spiro atoms. The van der Waals surface area contributed by atoms with Crippen molar-refractivity contribution < 1.29 is 31.9 Å². The van der Waals surface area contributed by atoms with E-state index >= 15 is 0 Å². The first-order valence-corrected chi connectivity index (χ1v) is 23.2. The van der Waals surface area contributed by atoms with Crippen LogP contribution in [0.4, 0.5) is 0 Å². The largest absolute Gasteiger partial charge is 2.00 e. The summed E-state index contributed by atoms with van der Waals surface area (Å²) in [5.41, 5.74) is 0. The summed E-state index contributed by atoms with van der Waals surface area (Å²) in [7, 11) is -1.34. The van der Waals surface area contributed by atoms with Crippen LogP contribution < -0.4 is 60.1 Å². The van der Waals surface area contributed by atoms with Gasteiger partial charge in [-0.05, 0) is 71.5 Å². The van der Waals surface area contributed by atoms with Gasteiger partial charge in [-0.1, -0.05) is 273 Å². The van der Waals surface area contributed by atoms with E-state index in [1.807, 2.05) is 0 Å². The molecule has 0 saturated heterocycles. The summed E-state index contributed by atoms with van der Waals surface area (Å²) in [5, 5.41) is 12.6. The molecule has 9 aromatic carbocycles. The van der Waals surface area contributed by atoms with Crippen LogP contribution in [0, 0.1) is 0 Å². The van der Waals surface area contributed by atoms with Crippen molar-refractivity contribution in [3.63, 3.8) is 0 Å². The minimum absolute atomic E-state index is 0. The Morgan fingerprint density at radius 3 is 0.322 bits per heavy atom. The molecule has 0 N–H and O–H groups in total. The minimum Gasteiger partial charge on any atom is -1.00 e. The van der Waals surface area contributed by atoms with Crippen LogP contribution in [0.5, 0.6) is 0 Å². The Kier molecular flexibility index (Phi) is 19.1. The van der Waals surface area contributed by atoms with Gasteiger partial charge in [0.25, 0.3) is 0 Å². The molecule has 0 fully saturated rings. The van der Waals surface area contributed by atoms with Crippen LogP contribution in [0.25, 0.3) is 0 Å². The third kappa shape index (κ3) is 13.1. The number of hydrogen-bond acceptors (Lipinski definition) is 0. The van der Waals surface area contributed by atoms with Gasteiger partial charge in [0.2, 0.25) is 0 Å². The van der Waals surface area contributed by atoms with Crippen LogP contribution in [0.2, 0.25) is 0 Å². The van der Waals surface area contributed by atoms with Crippen LogP contribution in [0.15, 0.2) is 273 Å². The zero-order valence-corrected chi connectivity index (χ0v) is 37.7. The second kappa shape index (κ2) is 25.0. The van der Waals surface area contributed by atoms with Crippen LogP contribution in [-0.4, -0.2) is 0 Å². The van der Waals surface area contributed by atoms with Gasteiger partial charge in [0.1, 0.15) is 0 Å². The van der Waals surface area contributed by atoms with Crippen LogP contribution >= 0.6 is 23.8 Å². The Morgan fingerprint density at radius 2 is 0.237 bits per heavy atom. The molecule has 0 atom stereocenters. The monoisotopic (exact) mass is 923 g/mol. The molecule has 0 aliphatic heterocycles. The molecule has 0 saturated carbocycles. The maximum atomic E-state index is 2.23. The van der Waals surface area contributed by atoms with E-state index in [1.165, 1.54) is 47.7 Å². The van der Waals surface area contributed by atoms with Crippen molar-refractivity contribution in [2.75, 3.05) is 0 Å². The van der Waals surface area contributed by atoms with Gasteiger partial charge in [0, 0.05) is 0 Å². The second-order valence-electron chi connectivity index (χ2n) is 13.0. The number of hydrogen-bond donors (Lipinski definition) is 0. The minimum atomic E-state index is -0.446. The summed E-state index contributed by atoms with van der Waals surface area (Å²) in [4.78, 5) is 0. The van der Waals surface area contributed by atoms with Crippen molar-refractivity contribution >= 4 is 71.5 Å². The predicted octanol–water partition coefficient (Wildman–Crippen LogP) is 7.34. The van der Waals surface area contributed by atoms with E-state index in [2.05, 4.69) is 273 Å². The fourth-order valence-electron chi connectivity index (χ4n) is 6.54. The van der Waals surface area contributed by atoms with Crippen molar-refractivity contribution in [2.24, 2.45) is 0 Å². The molecule has 59 heavy (non-hydrogen) atoms. The molecular weight excluding hydrogens is 878 g/mol. The summed E-state index contributed by atoms with van der Waals surface area (Å²) in [5.74, 6) is 0. The van der Waals surface area contributed by atoms with Gasteiger partial charge in [-0.3, -0.25) is 0 Å². The fraction of sp³-hybridized carbons (Fsp3) is 0. The zero-order chi connectivity index (χ0) is 38.7. The fourth-order valence-corrected chi connectivity index (χ4v) is 13.5. The smallest absolute Gasteiger partial charge is 1.00 e. The molecule has 0 aliphatic carbocycles. The van der Waals surface area contributed by atoms with Crippen molar-refractivity contribution in [3.05, 3.63) is 273 Å². The van der Waals surface area contributed by atoms with Gasteiger partial charge in [-0.25, -0.2) is 0 Å². The number of benzene rings is 9. The molecule has 0 radical (unpaired) electrons. The van der Waals surface area contributed by atoms with Gasteiger partial charge in [-0.15, -0.1) is 0 Å². The SMILES string of the molecule is [Cl-].[Ru+2].c1ccc(P(c2ccccc2)c2ccccc2)cc1.c1ccc(P(c2ccccc2)c2ccccc2)cc1.c1ccc(P(c2ccccc2)c2ccccc2)cc1. The van der Waals surface area contributed by atoms with E-state index in [0.717, 1.165) is 0 Å². The first kappa shape index (κ1) is 45.3. The van der Waals surface area contributed by atoms with Gasteiger partial charge in [-0.2, -0.15) is 0 Å². The molecule has 0 heterocycles. The summed E-state index contributed by atoms with van der Waals surface area (Å²) in [6.45, 7) is 0. The maximum Gasteiger partial charge on any atom is 2.00 e. The summed E-state index contributed by atoms with van der Waals surface area (Å²) >= 11 is 0. The quantitative estimate of drug-likeness (QED) is 0.105. The second-order valence-corrected chi connectivity index (χ2v) is 19.7. The first-order valence-electron chi connectivity index (χ1n) is 19.2. The summed E-state index contributed by atoms with van der Waals surface area (Å²) < 4.78 is 0.